The molecule has 1 saturated heterocycles. The van der Waals surface area contributed by atoms with Gasteiger partial charge >= 0.3 is 0 Å². The maximum absolute atomic E-state index is 13.4. The zero-order chi connectivity index (χ0) is 23.3. The lowest BCUT2D eigenvalue weighted by molar-refractivity contribution is 0.0706. The molecular formula is C27H25N5O2. The minimum Gasteiger partial charge on any atom is -0.496 e. The Hall–Kier alpha value is -4.13. The smallest absolute Gasteiger partial charge is 0.254 e. The normalized spacial score (nSPS) is 15.7. The molecule has 1 fully saturated rings. The summed E-state index contributed by atoms with van der Waals surface area (Å²) in [5, 5.41) is 0. The minimum absolute atomic E-state index is 0.00563. The van der Waals surface area contributed by atoms with E-state index in [1.165, 1.54) is 6.33 Å². The number of para-hydroxylation sites is 1. The van der Waals surface area contributed by atoms with Gasteiger partial charge in [-0.3, -0.25) is 14.8 Å². The first-order valence-electron chi connectivity index (χ1n) is 11.3. The summed E-state index contributed by atoms with van der Waals surface area (Å²) in [7, 11) is 1.67. The molecule has 1 atom stereocenters. The van der Waals surface area contributed by atoms with Crippen LogP contribution in [-0.4, -0.2) is 50.9 Å². The van der Waals surface area contributed by atoms with Crippen molar-refractivity contribution in [1.82, 2.24) is 24.8 Å². The van der Waals surface area contributed by atoms with E-state index in [-0.39, 0.29) is 11.8 Å². The van der Waals surface area contributed by atoms with Crippen LogP contribution in [0.4, 0.5) is 0 Å². The number of ether oxygens (including phenoxy) is 1. The Labute approximate surface area is 198 Å². The molecule has 1 aliphatic rings. The average molecular weight is 452 g/mol. The fraction of sp³-hybridized carbons (Fsp3) is 0.222. The molecule has 1 aliphatic heterocycles. The maximum atomic E-state index is 13.4. The van der Waals surface area contributed by atoms with E-state index in [9.17, 15) is 4.79 Å². The molecule has 0 spiro atoms. The number of aromatic nitrogens is 4. The second kappa shape index (κ2) is 9.79. The van der Waals surface area contributed by atoms with Crippen molar-refractivity contribution >= 4 is 5.91 Å². The molecule has 0 unspecified atom stereocenters. The summed E-state index contributed by atoms with van der Waals surface area (Å²) in [6, 6.07) is 17.5. The molecule has 4 heterocycles. The van der Waals surface area contributed by atoms with Crippen LogP contribution >= 0.6 is 0 Å². The number of hydrogen-bond donors (Lipinski definition) is 0. The van der Waals surface area contributed by atoms with Gasteiger partial charge in [0.05, 0.1) is 18.5 Å². The Balaban J connectivity index is 1.36. The molecule has 0 N–H and O–H groups in total. The van der Waals surface area contributed by atoms with Crippen molar-refractivity contribution in [3.8, 4) is 28.3 Å². The number of pyridine rings is 2. The molecule has 7 nitrogen and oxygen atoms in total. The first-order valence-corrected chi connectivity index (χ1v) is 11.3. The molecular weight excluding hydrogens is 426 g/mol. The lowest BCUT2D eigenvalue weighted by Crippen LogP contribution is -2.39. The third-order valence-corrected chi connectivity index (χ3v) is 6.14. The minimum atomic E-state index is 0.00563. The van der Waals surface area contributed by atoms with Crippen molar-refractivity contribution in [3.05, 3.63) is 90.8 Å². The number of nitrogens with zero attached hydrogens (tertiary/aromatic N) is 5. The molecule has 7 heteroatoms. The quantitative estimate of drug-likeness (QED) is 0.440. The third kappa shape index (κ3) is 4.50. The van der Waals surface area contributed by atoms with E-state index in [1.54, 1.807) is 31.8 Å². The summed E-state index contributed by atoms with van der Waals surface area (Å²) < 4.78 is 5.52. The van der Waals surface area contributed by atoms with Gasteiger partial charge in [0, 0.05) is 60.0 Å². The number of carbonyl (C=O) groups excluding carboxylic acids is 1. The Morgan fingerprint density at radius 3 is 2.74 bits per heavy atom. The fourth-order valence-corrected chi connectivity index (χ4v) is 4.42. The highest BCUT2D eigenvalue weighted by molar-refractivity contribution is 5.95. The van der Waals surface area contributed by atoms with Gasteiger partial charge in [-0.2, -0.15) is 0 Å². The largest absolute Gasteiger partial charge is 0.496 e. The first kappa shape index (κ1) is 21.7. The molecule has 0 radical (unpaired) electrons. The topological polar surface area (TPSA) is 81.1 Å². The number of methoxy groups -OCH3 is 1. The third-order valence-electron chi connectivity index (χ3n) is 6.14. The van der Waals surface area contributed by atoms with Crippen LogP contribution in [0.15, 0.2) is 79.5 Å². The predicted octanol–water partition coefficient (Wildman–Crippen LogP) is 4.63. The van der Waals surface area contributed by atoms with E-state index < -0.39 is 0 Å². The van der Waals surface area contributed by atoms with Crippen molar-refractivity contribution in [2.45, 2.75) is 18.8 Å². The monoisotopic (exact) mass is 451 g/mol. The van der Waals surface area contributed by atoms with Gasteiger partial charge in [-0.25, -0.2) is 9.97 Å². The van der Waals surface area contributed by atoms with Crippen LogP contribution in [0.3, 0.4) is 0 Å². The number of rotatable bonds is 5. The molecule has 170 valence electrons. The molecule has 4 aromatic rings. The Bertz CT molecular complexity index is 1290. The number of amides is 1. The molecule has 0 aliphatic carbocycles. The summed E-state index contributed by atoms with van der Waals surface area (Å²) in [6.45, 7) is 1.36. The standard InChI is InChI=1S/C27H25N5O2/c1-34-26-10-3-2-7-22(26)24-9-4-8-23(31-24)20-6-5-13-32(17-20)27(33)19-11-12-30-25(14-19)21-15-28-18-29-16-21/h2-4,7-12,14-16,18,20H,5-6,13,17H2,1H3/t20-/m1/s1. The van der Waals surface area contributed by atoms with Gasteiger partial charge < -0.3 is 9.64 Å². The van der Waals surface area contributed by atoms with Gasteiger partial charge in [-0.1, -0.05) is 18.2 Å². The summed E-state index contributed by atoms with van der Waals surface area (Å²) >= 11 is 0. The van der Waals surface area contributed by atoms with Gasteiger partial charge in [0.25, 0.3) is 5.91 Å². The SMILES string of the molecule is COc1ccccc1-c1cccc([C@@H]2CCCN(C(=O)c3ccnc(-c4cncnc4)c3)C2)n1. The summed E-state index contributed by atoms with van der Waals surface area (Å²) in [5.74, 6) is 0.979. The summed E-state index contributed by atoms with van der Waals surface area (Å²) in [5.41, 5.74) is 4.92. The van der Waals surface area contributed by atoms with Crippen LogP contribution in [0.5, 0.6) is 5.75 Å². The molecule has 0 bridgehead atoms. The van der Waals surface area contributed by atoms with Gasteiger partial charge in [-0.05, 0) is 49.2 Å². The highest BCUT2D eigenvalue weighted by atomic mass is 16.5. The van der Waals surface area contributed by atoms with Crippen LogP contribution in [0.25, 0.3) is 22.5 Å². The number of likely N-dealkylation sites (tertiary alicyclic amines) is 1. The summed E-state index contributed by atoms with van der Waals surface area (Å²) in [6.07, 6.45) is 8.46. The number of hydrogen-bond acceptors (Lipinski definition) is 6. The molecule has 1 aromatic carbocycles. The lowest BCUT2D eigenvalue weighted by atomic mass is 9.93. The van der Waals surface area contributed by atoms with Crippen LogP contribution < -0.4 is 4.74 Å². The molecule has 5 rings (SSSR count). The van der Waals surface area contributed by atoms with E-state index in [4.69, 9.17) is 9.72 Å². The van der Waals surface area contributed by atoms with Crippen molar-refractivity contribution < 1.29 is 9.53 Å². The van der Waals surface area contributed by atoms with E-state index in [0.29, 0.717) is 17.8 Å². The van der Waals surface area contributed by atoms with Crippen molar-refractivity contribution in [2.24, 2.45) is 0 Å². The van der Waals surface area contributed by atoms with Crippen LogP contribution in [-0.2, 0) is 0 Å². The second-order valence-corrected chi connectivity index (χ2v) is 8.30. The van der Waals surface area contributed by atoms with Gasteiger partial charge in [0.15, 0.2) is 0 Å². The predicted molar refractivity (Wildman–Crippen MR) is 129 cm³/mol. The van der Waals surface area contributed by atoms with E-state index in [2.05, 4.69) is 21.0 Å². The van der Waals surface area contributed by atoms with E-state index in [0.717, 1.165) is 47.7 Å². The fourth-order valence-electron chi connectivity index (χ4n) is 4.42. The van der Waals surface area contributed by atoms with Gasteiger partial charge in [0.2, 0.25) is 0 Å². The Morgan fingerprint density at radius 1 is 1.03 bits per heavy atom. The van der Waals surface area contributed by atoms with Gasteiger partial charge in [0.1, 0.15) is 12.1 Å². The highest BCUT2D eigenvalue weighted by Crippen LogP contribution is 2.32. The second-order valence-electron chi connectivity index (χ2n) is 8.30. The zero-order valence-corrected chi connectivity index (χ0v) is 19.0. The van der Waals surface area contributed by atoms with Gasteiger partial charge in [-0.15, -0.1) is 0 Å². The Morgan fingerprint density at radius 2 is 1.88 bits per heavy atom. The van der Waals surface area contributed by atoms with Crippen LogP contribution in [0, 0.1) is 0 Å². The maximum Gasteiger partial charge on any atom is 0.254 e. The molecule has 0 saturated carbocycles. The van der Waals surface area contributed by atoms with Crippen LogP contribution in [0.1, 0.15) is 34.8 Å². The van der Waals surface area contributed by atoms with E-state index >= 15 is 0 Å². The molecule has 1 amide bonds. The number of carbonyl (C=O) groups is 1. The van der Waals surface area contributed by atoms with Crippen LogP contribution in [0.2, 0.25) is 0 Å². The van der Waals surface area contributed by atoms with Crippen molar-refractivity contribution in [2.75, 3.05) is 20.2 Å². The van der Waals surface area contributed by atoms with Crippen molar-refractivity contribution in [1.29, 1.82) is 0 Å². The van der Waals surface area contributed by atoms with Crippen molar-refractivity contribution in [3.63, 3.8) is 0 Å². The Kier molecular flexibility index (Phi) is 6.25. The summed E-state index contributed by atoms with van der Waals surface area (Å²) in [4.78, 5) is 32.7. The lowest BCUT2D eigenvalue weighted by Gasteiger charge is -2.32. The first-order chi connectivity index (χ1) is 16.7. The average Bonchev–Trinajstić information content (AvgIpc) is 2.93. The number of benzene rings is 1. The molecule has 3 aromatic heterocycles. The number of piperidine rings is 1. The highest BCUT2D eigenvalue weighted by Gasteiger charge is 2.27. The van der Waals surface area contributed by atoms with E-state index in [1.807, 2.05) is 47.4 Å². The zero-order valence-electron chi connectivity index (χ0n) is 19.0. The molecule has 34 heavy (non-hydrogen) atoms.